The van der Waals surface area contributed by atoms with Crippen LogP contribution < -0.4 is 5.73 Å². The van der Waals surface area contributed by atoms with Crippen LogP contribution in [0, 0.1) is 6.92 Å². The van der Waals surface area contributed by atoms with Gasteiger partial charge in [0.05, 0.1) is 14.4 Å². The highest BCUT2D eigenvalue weighted by Crippen LogP contribution is 2.32. The Balaban J connectivity index is 1.70. The molecule has 3 rings (SSSR count). The van der Waals surface area contributed by atoms with E-state index in [9.17, 15) is 0 Å². The summed E-state index contributed by atoms with van der Waals surface area (Å²) in [5, 5.41) is 8.15. The van der Waals surface area contributed by atoms with Gasteiger partial charge in [0, 0.05) is 10.6 Å². The predicted molar refractivity (Wildman–Crippen MR) is 90.5 cm³/mol. The van der Waals surface area contributed by atoms with Gasteiger partial charge in [-0.2, -0.15) is 0 Å². The first kappa shape index (κ1) is 14.6. The van der Waals surface area contributed by atoms with Crippen LogP contribution in [0.25, 0.3) is 10.8 Å². The molecule has 0 spiro atoms. The van der Waals surface area contributed by atoms with Crippen LogP contribution in [0.1, 0.15) is 11.5 Å². The molecule has 0 bridgehead atoms. The summed E-state index contributed by atoms with van der Waals surface area (Å²) in [6.45, 7) is 2.02. The number of hydrogen-bond acceptors (Lipinski definition) is 6. The number of thiophene rings is 1. The maximum atomic E-state index is 5.99. The third-order valence-electron chi connectivity index (χ3n) is 2.77. The van der Waals surface area contributed by atoms with Crippen molar-refractivity contribution in [3.05, 3.63) is 45.6 Å². The van der Waals surface area contributed by atoms with Crippen LogP contribution in [0.4, 0.5) is 5.69 Å². The Morgan fingerprint density at radius 3 is 2.86 bits per heavy atom. The van der Waals surface area contributed by atoms with Gasteiger partial charge in [0.2, 0.25) is 5.89 Å². The zero-order valence-corrected chi connectivity index (χ0v) is 14.4. The SMILES string of the molecule is Cc1ccc(SCc2nnc(-c3ccc(Br)s3)o2)c(N)c1. The van der Waals surface area contributed by atoms with Crippen LogP contribution in [0.2, 0.25) is 0 Å². The van der Waals surface area contributed by atoms with Crippen molar-refractivity contribution < 1.29 is 4.42 Å². The summed E-state index contributed by atoms with van der Waals surface area (Å²) in [7, 11) is 0. The van der Waals surface area contributed by atoms with Crippen molar-refractivity contribution in [2.24, 2.45) is 0 Å². The number of rotatable bonds is 4. The second kappa shape index (κ2) is 6.21. The van der Waals surface area contributed by atoms with E-state index in [-0.39, 0.29) is 0 Å². The number of benzene rings is 1. The number of hydrogen-bond donors (Lipinski definition) is 1. The normalized spacial score (nSPS) is 11.0. The molecule has 0 saturated carbocycles. The van der Waals surface area contributed by atoms with Gasteiger partial charge in [0.1, 0.15) is 0 Å². The van der Waals surface area contributed by atoms with E-state index in [1.807, 2.05) is 37.3 Å². The molecular formula is C14H12BrN3OS2. The fourth-order valence-electron chi connectivity index (χ4n) is 1.78. The Morgan fingerprint density at radius 1 is 1.29 bits per heavy atom. The smallest absolute Gasteiger partial charge is 0.257 e. The average Bonchev–Trinajstić information content (AvgIpc) is 3.06. The number of halogens is 1. The highest BCUT2D eigenvalue weighted by Gasteiger charge is 2.11. The Morgan fingerprint density at radius 2 is 2.14 bits per heavy atom. The Labute approximate surface area is 138 Å². The average molecular weight is 382 g/mol. The van der Waals surface area contributed by atoms with Gasteiger partial charge in [-0.15, -0.1) is 33.3 Å². The van der Waals surface area contributed by atoms with Crippen molar-refractivity contribution >= 4 is 44.7 Å². The lowest BCUT2D eigenvalue weighted by molar-refractivity contribution is 0.529. The summed E-state index contributed by atoms with van der Waals surface area (Å²) in [5.41, 5.74) is 7.93. The molecule has 4 nitrogen and oxygen atoms in total. The standard InChI is InChI=1S/C14H12BrN3OS2/c1-8-2-3-10(9(16)6-8)20-7-13-17-18-14(19-13)11-4-5-12(15)21-11/h2-6H,7,16H2,1H3. The van der Waals surface area contributed by atoms with Gasteiger partial charge in [-0.05, 0) is 52.7 Å². The molecule has 0 saturated heterocycles. The van der Waals surface area contributed by atoms with Crippen LogP contribution in [0.3, 0.4) is 0 Å². The van der Waals surface area contributed by atoms with E-state index >= 15 is 0 Å². The van der Waals surface area contributed by atoms with Crippen LogP contribution in [0.5, 0.6) is 0 Å². The summed E-state index contributed by atoms with van der Waals surface area (Å²) < 4.78 is 6.71. The zero-order valence-electron chi connectivity index (χ0n) is 11.2. The molecule has 21 heavy (non-hydrogen) atoms. The van der Waals surface area contributed by atoms with E-state index in [4.69, 9.17) is 10.2 Å². The molecule has 2 N–H and O–H groups in total. The molecule has 7 heteroatoms. The molecule has 0 amide bonds. The number of aryl methyl sites for hydroxylation is 1. The van der Waals surface area contributed by atoms with E-state index in [1.165, 1.54) is 0 Å². The molecule has 0 aliphatic heterocycles. The maximum absolute atomic E-state index is 5.99. The van der Waals surface area contributed by atoms with Crippen molar-refractivity contribution in [3.8, 4) is 10.8 Å². The number of anilines is 1. The van der Waals surface area contributed by atoms with Gasteiger partial charge < -0.3 is 10.2 Å². The summed E-state index contributed by atoms with van der Waals surface area (Å²) in [6, 6.07) is 9.94. The van der Waals surface area contributed by atoms with Crippen LogP contribution in [-0.2, 0) is 5.75 Å². The molecular weight excluding hydrogens is 370 g/mol. The largest absolute Gasteiger partial charge is 0.419 e. The first-order chi connectivity index (χ1) is 10.1. The maximum Gasteiger partial charge on any atom is 0.257 e. The molecule has 0 radical (unpaired) electrons. The monoisotopic (exact) mass is 381 g/mol. The van der Waals surface area contributed by atoms with Crippen molar-refractivity contribution in [2.45, 2.75) is 17.6 Å². The lowest BCUT2D eigenvalue weighted by atomic mass is 10.2. The summed E-state index contributed by atoms with van der Waals surface area (Å²) in [4.78, 5) is 1.99. The predicted octanol–water partition coefficient (Wildman–Crippen LogP) is 4.74. The molecule has 0 unspecified atom stereocenters. The van der Waals surface area contributed by atoms with Crippen LogP contribution in [-0.4, -0.2) is 10.2 Å². The number of aromatic nitrogens is 2. The third-order valence-corrected chi connectivity index (χ3v) is 5.45. The van der Waals surface area contributed by atoms with Crippen LogP contribution in [0.15, 0.2) is 43.4 Å². The zero-order chi connectivity index (χ0) is 14.8. The molecule has 1 aromatic carbocycles. The van der Waals surface area contributed by atoms with E-state index < -0.39 is 0 Å². The number of nitrogens with zero attached hydrogens (tertiary/aromatic N) is 2. The minimum atomic E-state index is 0.554. The molecule has 0 fully saturated rings. The van der Waals surface area contributed by atoms with Crippen molar-refractivity contribution in [1.82, 2.24) is 10.2 Å². The Hall–Kier alpha value is -1.31. The summed E-state index contributed by atoms with van der Waals surface area (Å²) in [6.07, 6.45) is 0. The number of thioether (sulfide) groups is 1. The Kier molecular flexibility index (Phi) is 4.32. The topological polar surface area (TPSA) is 64.9 Å². The van der Waals surface area contributed by atoms with Crippen LogP contribution >= 0.6 is 39.0 Å². The first-order valence-electron chi connectivity index (χ1n) is 6.19. The minimum Gasteiger partial charge on any atom is -0.419 e. The summed E-state index contributed by atoms with van der Waals surface area (Å²) >= 11 is 6.58. The highest BCUT2D eigenvalue weighted by molar-refractivity contribution is 9.11. The first-order valence-corrected chi connectivity index (χ1v) is 8.78. The van der Waals surface area contributed by atoms with E-state index in [1.54, 1.807) is 23.1 Å². The lowest BCUT2D eigenvalue weighted by Crippen LogP contribution is -1.90. The molecule has 2 heterocycles. The van der Waals surface area contributed by atoms with Gasteiger partial charge in [-0.25, -0.2) is 0 Å². The van der Waals surface area contributed by atoms with E-state index in [2.05, 4.69) is 26.1 Å². The third kappa shape index (κ3) is 3.48. The fourth-order valence-corrected chi connectivity index (χ4v) is 3.87. The summed E-state index contributed by atoms with van der Waals surface area (Å²) in [5.74, 6) is 1.75. The lowest BCUT2D eigenvalue weighted by Gasteiger charge is -2.04. The second-order valence-corrected chi connectivity index (χ2v) is 7.91. The minimum absolute atomic E-state index is 0.554. The Bertz CT molecular complexity index is 769. The van der Waals surface area contributed by atoms with E-state index in [0.29, 0.717) is 17.5 Å². The van der Waals surface area contributed by atoms with Crippen molar-refractivity contribution in [2.75, 3.05) is 5.73 Å². The van der Waals surface area contributed by atoms with E-state index in [0.717, 1.165) is 24.8 Å². The molecule has 0 aliphatic rings. The number of nitrogen functional groups attached to an aromatic ring is 1. The quantitative estimate of drug-likeness (QED) is 0.521. The molecule has 2 aromatic heterocycles. The highest BCUT2D eigenvalue weighted by atomic mass is 79.9. The van der Waals surface area contributed by atoms with Gasteiger partial charge in [0.25, 0.3) is 5.89 Å². The molecule has 3 aromatic rings. The second-order valence-electron chi connectivity index (χ2n) is 4.43. The molecule has 0 aliphatic carbocycles. The van der Waals surface area contributed by atoms with Gasteiger partial charge in [0.15, 0.2) is 0 Å². The molecule has 108 valence electrons. The van der Waals surface area contributed by atoms with Crippen molar-refractivity contribution in [1.29, 1.82) is 0 Å². The number of nitrogens with two attached hydrogens (primary N) is 1. The van der Waals surface area contributed by atoms with Gasteiger partial charge in [-0.3, -0.25) is 0 Å². The van der Waals surface area contributed by atoms with Gasteiger partial charge in [-0.1, -0.05) is 6.07 Å². The fraction of sp³-hybridized carbons (Fsp3) is 0.143. The van der Waals surface area contributed by atoms with Crippen molar-refractivity contribution in [3.63, 3.8) is 0 Å². The molecule has 0 atom stereocenters. The van der Waals surface area contributed by atoms with Gasteiger partial charge >= 0.3 is 0 Å².